The fraction of sp³-hybridized carbons (Fsp3) is 0.429. The van der Waals surface area contributed by atoms with Crippen LogP contribution in [0.15, 0.2) is 46.8 Å². The Hall–Kier alpha value is -1.81. The van der Waals surface area contributed by atoms with Gasteiger partial charge in [-0.05, 0) is 36.6 Å². The van der Waals surface area contributed by atoms with Crippen LogP contribution in [0.1, 0.15) is 36.0 Å². The summed E-state index contributed by atoms with van der Waals surface area (Å²) in [6.07, 6.45) is 0. The lowest BCUT2D eigenvalue weighted by Crippen LogP contribution is -2.42. The minimum Gasteiger partial charge on any atom is -0.497 e. The summed E-state index contributed by atoms with van der Waals surface area (Å²) < 4.78 is 5.15. The van der Waals surface area contributed by atoms with E-state index in [0.29, 0.717) is 30.9 Å². The molecule has 2 rings (SSSR count). The molecular formula is C21H31IN4O2S. The number of carbonyl (C=O) groups excluding carboxylic acids is 1. The predicted octanol–water partition coefficient (Wildman–Crippen LogP) is 3.64. The monoisotopic (exact) mass is 530 g/mol. The smallest absolute Gasteiger partial charge is 0.251 e. The number of nitrogens with zero attached hydrogens (tertiary/aromatic N) is 1. The van der Waals surface area contributed by atoms with Gasteiger partial charge in [0.05, 0.1) is 13.7 Å². The number of hydrogen-bond donors (Lipinski definition) is 3. The Morgan fingerprint density at radius 3 is 2.55 bits per heavy atom. The minimum absolute atomic E-state index is 0. The number of methoxy groups -OCH3 is 1. The molecule has 0 unspecified atom stereocenters. The van der Waals surface area contributed by atoms with Gasteiger partial charge in [-0.25, -0.2) is 0 Å². The lowest BCUT2D eigenvalue weighted by atomic mass is 9.92. The largest absolute Gasteiger partial charge is 0.497 e. The summed E-state index contributed by atoms with van der Waals surface area (Å²) in [5.74, 6) is 1.30. The van der Waals surface area contributed by atoms with Crippen molar-refractivity contribution in [3.8, 4) is 5.75 Å². The Morgan fingerprint density at radius 2 is 1.90 bits per heavy atom. The number of aliphatic imine (C=N–C) groups is 1. The maximum absolute atomic E-state index is 12.2. The van der Waals surface area contributed by atoms with Crippen LogP contribution >= 0.6 is 35.3 Å². The molecular weight excluding hydrogens is 499 g/mol. The molecule has 0 radical (unpaired) electrons. The standard InChI is InChI=1S/C21H30N4O2S.HI/c1-5-22-20(25-15-21(2,3)18-10-7-13-28-18)24-12-11-23-19(26)16-8-6-9-17(14-16)27-4;/h6-10,13-14H,5,11-12,15H2,1-4H3,(H,23,26)(H2,22,24,25);1H. The van der Waals surface area contributed by atoms with Crippen molar-refractivity contribution in [2.45, 2.75) is 26.2 Å². The zero-order valence-corrected chi connectivity index (χ0v) is 20.6. The topological polar surface area (TPSA) is 74.8 Å². The van der Waals surface area contributed by atoms with Crippen molar-refractivity contribution in [2.75, 3.05) is 33.3 Å². The van der Waals surface area contributed by atoms with Crippen molar-refractivity contribution in [1.29, 1.82) is 0 Å². The van der Waals surface area contributed by atoms with Crippen molar-refractivity contribution in [3.05, 3.63) is 52.2 Å². The highest BCUT2D eigenvalue weighted by molar-refractivity contribution is 14.0. The van der Waals surface area contributed by atoms with E-state index in [-0.39, 0.29) is 35.3 Å². The average molecular weight is 530 g/mol. The first-order valence-electron chi connectivity index (χ1n) is 9.44. The molecule has 2 aromatic rings. The number of rotatable bonds is 9. The molecule has 0 saturated carbocycles. The Bertz CT molecular complexity index is 779. The van der Waals surface area contributed by atoms with Gasteiger partial charge >= 0.3 is 0 Å². The zero-order chi connectivity index (χ0) is 20.4. The van der Waals surface area contributed by atoms with E-state index in [2.05, 4.69) is 47.3 Å². The van der Waals surface area contributed by atoms with Crippen molar-refractivity contribution < 1.29 is 9.53 Å². The van der Waals surface area contributed by atoms with Crippen molar-refractivity contribution in [3.63, 3.8) is 0 Å². The molecule has 0 aliphatic rings. The summed E-state index contributed by atoms with van der Waals surface area (Å²) in [5, 5.41) is 11.5. The van der Waals surface area contributed by atoms with Crippen LogP contribution in [0.3, 0.4) is 0 Å². The molecule has 8 heteroatoms. The highest BCUT2D eigenvalue weighted by Gasteiger charge is 2.21. The molecule has 1 heterocycles. The molecule has 0 saturated heterocycles. The lowest BCUT2D eigenvalue weighted by Gasteiger charge is -2.22. The van der Waals surface area contributed by atoms with E-state index in [0.717, 1.165) is 12.5 Å². The van der Waals surface area contributed by atoms with Gasteiger partial charge in [0, 0.05) is 35.5 Å². The van der Waals surface area contributed by atoms with E-state index in [1.54, 1.807) is 36.6 Å². The number of amides is 1. The van der Waals surface area contributed by atoms with Crippen LogP contribution in [0.2, 0.25) is 0 Å². The SMILES string of the molecule is CCNC(=NCC(C)(C)c1cccs1)NCCNC(=O)c1cccc(OC)c1.I. The molecule has 0 atom stereocenters. The van der Waals surface area contributed by atoms with Gasteiger partial charge in [-0.15, -0.1) is 35.3 Å². The molecule has 0 aliphatic carbocycles. The molecule has 1 aromatic carbocycles. The highest BCUT2D eigenvalue weighted by Crippen LogP contribution is 2.27. The number of thiophene rings is 1. The summed E-state index contributed by atoms with van der Waals surface area (Å²) in [6.45, 7) is 8.96. The van der Waals surface area contributed by atoms with E-state index < -0.39 is 0 Å². The van der Waals surface area contributed by atoms with Gasteiger partial charge in [0.15, 0.2) is 5.96 Å². The first kappa shape index (κ1) is 25.2. The predicted molar refractivity (Wildman–Crippen MR) is 132 cm³/mol. The summed E-state index contributed by atoms with van der Waals surface area (Å²) in [6, 6.07) is 11.3. The molecule has 3 N–H and O–H groups in total. The number of ether oxygens (including phenoxy) is 1. The third kappa shape index (κ3) is 8.22. The number of benzene rings is 1. The van der Waals surface area contributed by atoms with E-state index in [4.69, 9.17) is 9.73 Å². The molecule has 0 spiro atoms. The quantitative estimate of drug-likeness (QED) is 0.200. The van der Waals surface area contributed by atoms with E-state index in [9.17, 15) is 4.79 Å². The van der Waals surface area contributed by atoms with Crippen LogP contribution in [-0.2, 0) is 5.41 Å². The molecule has 6 nitrogen and oxygen atoms in total. The number of hydrogen-bond acceptors (Lipinski definition) is 4. The molecule has 1 amide bonds. The van der Waals surface area contributed by atoms with Gasteiger partial charge < -0.3 is 20.7 Å². The fourth-order valence-corrected chi connectivity index (χ4v) is 3.43. The van der Waals surface area contributed by atoms with Crippen LogP contribution in [-0.4, -0.2) is 45.2 Å². The number of guanidine groups is 1. The average Bonchev–Trinajstić information content (AvgIpc) is 3.25. The van der Waals surface area contributed by atoms with Gasteiger partial charge in [-0.1, -0.05) is 26.0 Å². The Balaban J connectivity index is 0.00000420. The molecule has 29 heavy (non-hydrogen) atoms. The maximum atomic E-state index is 12.2. The normalized spacial score (nSPS) is 11.4. The van der Waals surface area contributed by atoms with E-state index >= 15 is 0 Å². The second-order valence-electron chi connectivity index (χ2n) is 6.97. The van der Waals surface area contributed by atoms with Crippen LogP contribution < -0.4 is 20.7 Å². The lowest BCUT2D eigenvalue weighted by molar-refractivity contribution is 0.0954. The zero-order valence-electron chi connectivity index (χ0n) is 17.5. The van der Waals surface area contributed by atoms with Crippen LogP contribution in [0.4, 0.5) is 0 Å². The number of nitrogens with one attached hydrogen (secondary N) is 3. The van der Waals surface area contributed by atoms with Gasteiger partial charge in [-0.2, -0.15) is 0 Å². The summed E-state index contributed by atoms with van der Waals surface area (Å²) in [5.41, 5.74) is 0.564. The molecule has 160 valence electrons. The van der Waals surface area contributed by atoms with Gasteiger partial charge in [0.25, 0.3) is 5.91 Å². The van der Waals surface area contributed by atoms with Crippen molar-refractivity contribution in [1.82, 2.24) is 16.0 Å². The van der Waals surface area contributed by atoms with Gasteiger partial charge in [0.1, 0.15) is 5.75 Å². The molecule has 0 bridgehead atoms. The van der Waals surface area contributed by atoms with Gasteiger partial charge in [-0.3, -0.25) is 9.79 Å². The molecule has 0 fully saturated rings. The third-order valence-electron chi connectivity index (χ3n) is 4.20. The maximum Gasteiger partial charge on any atom is 0.251 e. The van der Waals surface area contributed by atoms with Crippen LogP contribution in [0, 0.1) is 0 Å². The Kier molecular flexibility index (Phi) is 11.0. The fourth-order valence-electron chi connectivity index (χ4n) is 2.58. The van der Waals surface area contributed by atoms with Gasteiger partial charge in [0.2, 0.25) is 0 Å². The van der Waals surface area contributed by atoms with E-state index in [1.807, 2.05) is 13.0 Å². The second kappa shape index (κ2) is 12.7. The number of carbonyl (C=O) groups is 1. The third-order valence-corrected chi connectivity index (χ3v) is 5.44. The van der Waals surface area contributed by atoms with Crippen molar-refractivity contribution >= 4 is 47.2 Å². The molecule has 0 aliphatic heterocycles. The summed E-state index contributed by atoms with van der Waals surface area (Å²) in [4.78, 5) is 18.3. The first-order valence-corrected chi connectivity index (χ1v) is 10.3. The van der Waals surface area contributed by atoms with Crippen molar-refractivity contribution in [2.24, 2.45) is 4.99 Å². The van der Waals surface area contributed by atoms with Crippen LogP contribution in [0.5, 0.6) is 5.75 Å². The Labute approximate surface area is 194 Å². The Morgan fingerprint density at radius 1 is 1.14 bits per heavy atom. The highest BCUT2D eigenvalue weighted by atomic mass is 127. The first-order chi connectivity index (χ1) is 13.5. The van der Waals surface area contributed by atoms with Crippen LogP contribution in [0.25, 0.3) is 0 Å². The summed E-state index contributed by atoms with van der Waals surface area (Å²) in [7, 11) is 1.59. The summed E-state index contributed by atoms with van der Waals surface area (Å²) >= 11 is 1.75. The second-order valence-corrected chi connectivity index (χ2v) is 7.92. The minimum atomic E-state index is -0.124. The number of halogens is 1. The molecule has 1 aromatic heterocycles. The van der Waals surface area contributed by atoms with E-state index in [1.165, 1.54) is 4.88 Å².